The van der Waals surface area contributed by atoms with Crippen molar-refractivity contribution in [3.05, 3.63) is 83.0 Å². The summed E-state index contributed by atoms with van der Waals surface area (Å²) < 4.78 is 23.3. The largest absolute Gasteiger partial charge is 0.395 e. The zero-order chi connectivity index (χ0) is 28.0. The van der Waals surface area contributed by atoms with Crippen molar-refractivity contribution in [2.45, 2.75) is 50.1 Å². The van der Waals surface area contributed by atoms with Crippen molar-refractivity contribution in [1.29, 1.82) is 0 Å². The van der Waals surface area contributed by atoms with Crippen LogP contribution in [0.5, 0.6) is 0 Å². The molecule has 8 heteroatoms. The number of aromatic nitrogens is 1. The fourth-order valence-corrected chi connectivity index (χ4v) is 5.88. The number of likely N-dealkylation sites (tertiary alicyclic amines) is 1. The topological polar surface area (TPSA) is 82.5 Å². The average molecular weight is 568 g/mol. The molecule has 2 heterocycles. The van der Waals surface area contributed by atoms with Gasteiger partial charge in [-0.2, -0.15) is 0 Å². The molecule has 39 heavy (non-hydrogen) atoms. The first-order chi connectivity index (χ1) is 18.5. The Labute approximate surface area is 236 Å². The van der Waals surface area contributed by atoms with Crippen LogP contribution in [0.1, 0.15) is 37.8 Å². The molecule has 1 aliphatic heterocycles. The number of aliphatic hydroxyl groups excluding tert-OH is 1. The number of sulfone groups is 1. The first-order valence-corrected chi connectivity index (χ1v) is 15.7. The second-order valence-corrected chi connectivity index (χ2v) is 13.3. The smallest absolute Gasteiger partial charge is 0.175 e. The highest BCUT2D eigenvalue weighted by Crippen LogP contribution is 2.25. The Morgan fingerprint density at radius 3 is 2.38 bits per heavy atom. The molecule has 0 amide bonds. The summed E-state index contributed by atoms with van der Waals surface area (Å²) in [5.41, 5.74) is 3.00. The van der Waals surface area contributed by atoms with Gasteiger partial charge in [0.25, 0.3) is 0 Å². The van der Waals surface area contributed by atoms with Crippen molar-refractivity contribution in [1.82, 2.24) is 15.2 Å². The van der Waals surface area contributed by atoms with Crippen LogP contribution in [0, 0.1) is 0 Å². The molecule has 208 valence electrons. The summed E-state index contributed by atoms with van der Waals surface area (Å²) in [6.07, 6.45) is 4.61. The number of aliphatic hydroxyl groups is 1. The van der Waals surface area contributed by atoms with Crippen LogP contribution in [-0.2, 0) is 22.8 Å². The molecular weight excluding hydrogens is 530 g/mol. The van der Waals surface area contributed by atoms with Crippen LogP contribution in [0.15, 0.2) is 71.6 Å². The van der Waals surface area contributed by atoms with Crippen molar-refractivity contribution >= 4 is 43.1 Å². The molecule has 1 aromatic heterocycles. The molecule has 3 aromatic carbocycles. The Hall–Kier alpha value is -2.55. The quantitative estimate of drug-likeness (QED) is 0.269. The molecule has 0 bridgehead atoms. The fourth-order valence-electron chi connectivity index (χ4n) is 5.01. The van der Waals surface area contributed by atoms with Gasteiger partial charge < -0.3 is 10.4 Å². The third-order valence-electron chi connectivity index (χ3n) is 7.01. The van der Waals surface area contributed by atoms with E-state index in [9.17, 15) is 8.42 Å². The molecule has 5 rings (SSSR count). The monoisotopic (exact) mass is 567 g/mol. The minimum Gasteiger partial charge on any atom is -0.395 e. The Kier molecular flexibility index (Phi) is 9.62. The highest BCUT2D eigenvalue weighted by molar-refractivity contribution is 7.90. The minimum atomic E-state index is -3.21. The van der Waals surface area contributed by atoms with E-state index in [1.807, 2.05) is 6.07 Å². The lowest BCUT2D eigenvalue weighted by Gasteiger charge is -2.26. The first-order valence-electron chi connectivity index (χ1n) is 13.4. The Bertz CT molecular complexity index is 1530. The van der Waals surface area contributed by atoms with E-state index in [0.717, 1.165) is 42.5 Å². The zero-order valence-electron chi connectivity index (χ0n) is 23.0. The molecule has 2 N–H and O–H groups in total. The van der Waals surface area contributed by atoms with E-state index in [0.29, 0.717) is 16.6 Å². The van der Waals surface area contributed by atoms with Crippen LogP contribution >= 0.6 is 11.6 Å². The third-order valence-corrected chi connectivity index (χ3v) is 8.45. The van der Waals surface area contributed by atoms with E-state index in [1.165, 1.54) is 35.4 Å². The van der Waals surface area contributed by atoms with Crippen molar-refractivity contribution in [2.24, 2.45) is 0 Å². The molecule has 1 saturated heterocycles. The second-order valence-electron chi connectivity index (χ2n) is 10.9. The number of halogens is 1. The van der Waals surface area contributed by atoms with Crippen LogP contribution in [0.25, 0.3) is 21.7 Å². The van der Waals surface area contributed by atoms with Gasteiger partial charge >= 0.3 is 0 Å². The predicted molar refractivity (Wildman–Crippen MR) is 161 cm³/mol. The number of hydrogen-bond donors (Lipinski definition) is 2. The van der Waals surface area contributed by atoms with Crippen LogP contribution < -0.4 is 5.32 Å². The van der Waals surface area contributed by atoms with Crippen LogP contribution in [-0.4, -0.2) is 61.4 Å². The second kappa shape index (κ2) is 12.7. The maximum absolute atomic E-state index is 11.7. The van der Waals surface area contributed by atoms with Gasteiger partial charge in [0.1, 0.15) is 5.15 Å². The van der Waals surface area contributed by atoms with E-state index in [4.69, 9.17) is 16.7 Å². The van der Waals surface area contributed by atoms with Crippen molar-refractivity contribution in [3.63, 3.8) is 0 Å². The van der Waals surface area contributed by atoms with Gasteiger partial charge in [0.15, 0.2) is 9.84 Å². The summed E-state index contributed by atoms with van der Waals surface area (Å²) in [6, 6.07) is 21.9. The van der Waals surface area contributed by atoms with Gasteiger partial charge in [-0.1, -0.05) is 54.1 Å². The fraction of sp³-hybridized carbons (Fsp3) is 0.387. The Morgan fingerprint density at radius 1 is 0.974 bits per heavy atom. The maximum Gasteiger partial charge on any atom is 0.175 e. The minimum absolute atomic E-state index is 0.00515. The van der Waals surface area contributed by atoms with Gasteiger partial charge in [0.05, 0.1) is 17.0 Å². The lowest BCUT2D eigenvalue weighted by molar-refractivity contribution is 0.265. The van der Waals surface area contributed by atoms with Crippen molar-refractivity contribution in [2.75, 3.05) is 32.5 Å². The van der Waals surface area contributed by atoms with Gasteiger partial charge in [-0.3, -0.25) is 4.90 Å². The maximum atomic E-state index is 11.7. The summed E-state index contributed by atoms with van der Waals surface area (Å²) >= 11 is 6.26. The predicted octanol–water partition coefficient (Wildman–Crippen LogP) is 5.63. The van der Waals surface area contributed by atoms with Gasteiger partial charge in [-0.15, -0.1) is 0 Å². The van der Waals surface area contributed by atoms with E-state index in [2.05, 4.69) is 71.5 Å². The van der Waals surface area contributed by atoms with Gasteiger partial charge in [0, 0.05) is 35.8 Å². The van der Waals surface area contributed by atoms with E-state index in [1.54, 1.807) is 18.2 Å². The zero-order valence-corrected chi connectivity index (χ0v) is 24.5. The number of hydrogen-bond acceptors (Lipinski definition) is 6. The first kappa shape index (κ1) is 29.4. The number of fused-ring (bicyclic) bond motifs is 2. The number of pyridine rings is 1. The standard InChI is InChI=1S/C16H21NO.C15H17ClN2O2S/c1-16(2,17-9-10-18)12-13-7-8-14-5-3-4-6-15(14)11-13;1-21(19,20)13-4-5-14-11(9-13)8-12(15(16)17-14)10-18-6-2-3-7-18/h3-8,11,17-18H,9-10,12H2,1-2H3;4-5,8-9H,2-3,6-7,10H2,1H3. The third kappa shape index (κ3) is 8.22. The molecule has 0 radical (unpaired) electrons. The highest BCUT2D eigenvalue weighted by atomic mass is 35.5. The molecule has 0 spiro atoms. The lowest BCUT2D eigenvalue weighted by Crippen LogP contribution is -2.42. The Balaban J connectivity index is 0.000000183. The number of nitrogens with one attached hydrogen (secondary N) is 1. The number of rotatable bonds is 8. The van der Waals surface area contributed by atoms with E-state index in [-0.39, 0.29) is 12.1 Å². The number of nitrogens with zero attached hydrogens (tertiary/aromatic N) is 2. The molecule has 1 aliphatic rings. The van der Waals surface area contributed by atoms with Gasteiger partial charge in [0.2, 0.25) is 0 Å². The van der Waals surface area contributed by atoms with E-state index < -0.39 is 9.84 Å². The highest BCUT2D eigenvalue weighted by Gasteiger charge is 2.17. The summed E-state index contributed by atoms with van der Waals surface area (Å²) in [4.78, 5) is 7.04. The van der Waals surface area contributed by atoms with Crippen LogP contribution in [0.2, 0.25) is 5.15 Å². The van der Waals surface area contributed by atoms with Crippen molar-refractivity contribution in [3.8, 4) is 0 Å². The Morgan fingerprint density at radius 2 is 1.69 bits per heavy atom. The summed E-state index contributed by atoms with van der Waals surface area (Å²) in [5, 5.41) is 16.1. The van der Waals surface area contributed by atoms with Crippen molar-refractivity contribution < 1.29 is 13.5 Å². The molecule has 4 aromatic rings. The van der Waals surface area contributed by atoms with E-state index >= 15 is 0 Å². The number of benzene rings is 3. The molecule has 0 unspecified atom stereocenters. The van der Waals surface area contributed by atoms with Gasteiger partial charge in [-0.05, 0) is 86.8 Å². The van der Waals surface area contributed by atoms with Crippen LogP contribution in [0.3, 0.4) is 0 Å². The molecular formula is C31H38ClN3O3S. The lowest BCUT2D eigenvalue weighted by atomic mass is 9.93. The average Bonchev–Trinajstić information content (AvgIpc) is 3.40. The molecule has 0 saturated carbocycles. The summed E-state index contributed by atoms with van der Waals surface area (Å²) in [6.45, 7) is 8.08. The molecule has 0 aliphatic carbocycles. The summed E-state index contributed by atoms with van der Waals surface area (Å²) in [5.74, 6) is 0. The normalized spacial score (nSPS) is 14.5. The molecule has 1 fully saturated rings. The number of β-amino-alcohol motifs (C(OH)–C–C–N with tert-alkyl or cyclic N) is 1. The van der Waals surface area contributed by atoms with Crippen LogP contribution in [0.4, 0.5) is 0 Å². The summed E-state index contributed by atoms with van der Waals surface area (Å²) in [7, 11) is -3.21. The molecule has 0 atom stereocenters. The SMILES string of the molecule is CC(C)(Cc1ccc2ccccc2c1)NCCO.CS(=O)(=O)c1ccc2nc(Cl)c(CN3CCCC3)cc2c1. The van der Waals surface area contributed by atoms with Gasteiger partial charge in [-0.25, -0.2) is 13.4 Å². The molecule has 6 nitrogen and oxygen atoms in total.